The summed E-state index contributed by atoms with van der Waals surface area (Å²) in [5.41, 5.74) is 32.0. The van der Waals surface area contributed by atoms with Crippen molar-refractivity contribution in [3.63, 3.8) is 0 Å². The molecule has 2 atom stereocenters. The first-order valence-electron chi connectivity index (χ1n) is 35.8. The van der Waals surface area contributed by atoms with E-state index < -0.39 is 18.9 Å². The van der Waals surface area contributed by atoms with Crippen molar-refractivity contribution in [1.29, 1.82) is 0 Å². The van der Waals surface area contributed by atoms with Gasteiger partial charge in [0.2, 0.25) is 0 Å². The van der Waals surface area contributed by atoms with Crippen LogP contribution in [0.15, 0.2) is 340 Å². The van der Waals surface area contributed by atoms with Gasteiger partial charge in [-0.2, -0.15) is 0 Å². The minimum atomic E-state index is -2.23. The Kier molecular flexibility index (Phi) is 12.4. The van der Waals surface area contributed by atoms with Gasteiger partial charge >= 0.3 is 0 Å². The van der Waals surface area contributed by atoms with E-state index in [0.29, 0.717) is 0 Å². The second-order valence-corrected chi connectivity index (χ2v) is 33.6. The van der Waals surface area contributed by atoms with Crippen LogP contribution in [0.2, 0.25) is 13.1 Å². The van der Waals surface area contributed by atoms with E-state index in [1.165, 1.54) is 160 Å². The van der Waals surface area contributed by atoms with Crippen LogP contribution >= 0.6 is 0 Å². The third-order valence-electron chi connectivity index (χ3n) is 23.8. The predicted molar refractivity (Wildman–Crippen MR) is 427 cm³/mol. The molecular weight excluding hydrogens is 1250 g/mol. The molecule has 0 amide bonds. The molecule has 0 saturated heterocycles. The number of pyridine rings is 2. The summed E-state index contributed by atoms with van der Waals surface area (Å²) >= 11 is 0. The molecule has 480 valence electrons. The summed E-state index contributed by atoms with van der Waals surface area (Å²) in [4.78, 5) is 9.50. The van der Waals surface area contributed by atoms with Crippen molar-refractivity contribution in [2.45, 2.75) is 43.2 Å². The molecule has 4 nitrogen and oxygen atoms in total. The molecule has 22 rings (SSSR count). The van der Waals surface area contributed by atoms with Crippen molar-refractivity contribution in [2.24, 2.45) is 0 Å². The molecule has 5 heteroatoms. The molecule has 4 aliphatic rings. The summed E-state index contributed by atoms with van der Waals surface area (Å²) < 4.78 is 5.05. The standard InChI is InChI=1S/C49H34N2.C48H34N2Si/c1-48(2)38-19-4-5-20-39(38)49(40-21-6-8-25-44(40)51-43-24-7-3-15-36(43)37-18-11-23-42(49)47(37)51)41-22-10-16-34(45(41)48)31-26-28-32(29-27-31)35-17-9-13-33-14-12-30-50-46(33)35;1-51(2)44-25-8-5-20-39(44)48(38-19-4-7-24-43(38)50-42-23-6-3-15-36(42)37-18-11-21-40(48)46(37)50)41-22-10-17-35(47(41)51)32-28-26-31(27-29-32)34-16-9-13-33-14-12-30-49-45(33)34/h2*3-30H,1-2H3. The highest BCUT2D eigenvalue weighted by Gasteiger charge is 2.55. The summed E-state index contributed by atoms with van der Waals surface area (Å²) in [5, 5.41) is 10.6. The van der Waals surface area contributed by atoms with Crippen LogP contribution in [0.25, 0.3) is 121 Å². The van der Waals surface area contributed by atoms with Gasteiger partial charge in [-0.15, -0.1) is 0 Å². The molecule has 1 aliphatic carbocycles. The van der Waals surface area contributed by atoms with Crippen molar-refractivity contribution in [3.8, 4) is 55.9 Å². The van der Waals surface area contributed by atoms with Gasteiger partial charge in [0.15, 0.2) is 0 Å². The maximum atomic E-state index is 4.75. The first-order valence-corrected chi connectivity index (χ1v) is 38.8. The Morgan fingerprint density at radius 3 is 1.22 bits per heavy atom. The Morgan fingerprint density at radius 2 is 0.657 bits per heavy atom. The lowest BCUT2D eigenvalue weighted by atomic mass is 9.52. The molecule has 0 saturated carbocycles. The lowest BCUT2D eigenvalue weighted by molar-refractivity contribution is 0.558. The molecule has 2 unspecified atom stereocenters. The Labute approximate surface area is 593 Å². The molecule has 0 radical (unpaired) electrons. The second-order valence-electron chi connectivity index (χ2n) is 29.4. The normalized spacial score (nSPS) is 16.7. The van der Waals surface area contributed by atoms with Crippen LogP contribution in [0, 0.1) is 0 Å². The molecule has 2 spiro atoms. The van der Waals surface area contributed by atoms with E-state index in [9.17, 15) is 0 Å². The van der Waals surface area contributed by atoms with E-state index in [1.54, 1.807) is 0 Å². The predicted octanol–water partition coefficient (Wildman–Crippen LogP) is 22.5. The summed E-state index contributed by atoms with van der Waals surface area (Å²) in [6.07, 6.45) is 3.77. The number of benzene rings is 14. The highest BCUT2D eigenvalue weighted by molar-refractivity contribution is 7.02. The quantitative estimate of drug-likeness (QED) is 0.165. The summed E-state index contributed by atoms with van der Waals surface area (Å²) in [7, 11) is -2.23. The van der Waals surface area contributed by atoms with Gasteiger partial charge < -0.3 is 9.13 Å². The molecule has 14 aromatic carbocycles. The number of rotatable bonds is 4. The highest BCUT2D eigenvalue weighted by atomic mass is 28.3. The van der Waals surface area contributed by atoms with Gasteiger partial charge in [0, 0.05) is 61.3 Å². The topological polar surface area (TPSA) is 35.6 Å². The van der Waals surface area contributed by atoms with Crippen molar-refractivity contribution in [3.05, 3.63) is 396 Å². The minimum Gasteiger partial charge on any atom is -0.309 e. The molecule has 102 heavy (non-hydrogen) atoms. The number of aromatic nitrogens is 4. The molecule has 18 aromatic rings. The fourth-order valence-electron chi connectivity index (χ4n) is 19.7. The van der Waals surface area contributed by atoms with Crippen LogP contribution in [0.1, 0.15) is 69.5 Å². The van der Waals surface area contributed by atoms with Gasteiger partial charge in [-0.25, -0.2) is 0 Å². The first-order chi connectivity index (χ1) is 50.2. The maximum absolute atomic E-state index is 4.75. The average molecular weight is 1320 g/mol. The van der Waals surface area contributed by atoms with Crippen molar-refractivity contribution >= 4 is 83.9 Å². The third-order valence-corrected chi connectivity index (χ3v) is 27.3. The first kappa shape index (κ1) is 58.7. The lowest BCUT2D eigenvalue weighted by Crippen LogP contribution is -2.64. The highest BCUT2D eigenvalue weighted by Crippen LogP contribution is 2.62. The number of nitrogens with zero attached hydrogens (tertiary/aromatic N) is 4. The fraction of sp³-hybridized carbons (Fsp3) is 0.0722. The average Bonchev–Trinajstić information content (AvgIpc) is 1.15. The Balaban J connectivity index is 0.000000133. The van der Waals surface area contributed by atoms with Crippen LogP contribution in [0.4, 0.5) is 0 Å². The molecule has 0 fully saturated rings. The third kappa shape index (κ3) is 7.75. The van der Waals surface area contributed by atoms with E-state index in [0.717, 1.165) is 27.4 Å². The number of fused-ring (bicyclic) bond motifs is 24. The zero-order valence-corrected chi connectivity index (χ0v) is 58.1. The SMILES string of the molecule is CC1(C)c2ccccc2C2(c3ccccc3-n3c4ccccc4c4cccc2c43)c2cccc(-c3ccc(-c4cccc5cccnc45)cc3)c21.C[Si]1(C)c2ccccc2C2(c3ccccc3-n3c4ccccc4c4cccc2c43)c2cccc(-c3ccc(-c4cccc5cccnc45)cc3)c21. The number of hydrogen-bond donors (Lipinski definition) is 0. The van der Waals surface area contributed by atoms with Crippen LogP contribution in [0.3, 0.4) is 0 Å². The van der Waals surface area contributed by atoms with Gasteiger partial charge in [-0.05, 0) is 136 Å². The van der Waals surface area contributed by atoms with Gasteiger partial charge in [0.25, 0.3) is 0 Å². The smallest absolute Gasteiger partial charge is 0.113 e. The van der Waals surface area contributed by atoms with E-state index in [4.69, 9.17) is 9.97 Å². The zero-order valence-electron chi connectivity index (χ0n) is 57.1. The number of para-hydroxylation sites is 8. The molecule has 0 N–H and O–H groups in total. The van der Waals surface area contributed by atoms with Crippen LogP contribution in [0.5, 0.6) is 0 Å². The molecular formula is C97H68N4Si. The Bertz CT molecular complexity index is 6180. The van der Waals surface area contributed by atoms with Crippen molar-refractivity contribution < 1.29 is 0 Å². The van der Waals surface area contributed by atoms with E-state index >= 15 is 0 Å². The Hall–Kier alpha value is -12.3. The van der Waals surface area contributed by atoms with E-state index in [1.807, 2.05) is 24.5 Å². The largest absolute Gasteiger partial charge is 0.309 e. The van der Waals surface area contributed by atoms with E-state index in [2.05, 4.69) is 352 Å². The Morgan fingerprint density at radius 1 is 0.284 bits per heavy atom. The van der Waals surface area contributed by atoms with Gasteiger partial charge in [-0.1, -0.05) is 318 Å². The maximum Gasteiger partial charge on any atom is 0.113 e. The van der Waals surface area contributed by atoms with Crippen LogP contribution < -0.4 is 10.4 Å². The van der Waals surface area contributed by atoms with E-state index in [-0.39, 0.29) is 5.41 Å². The monoisotopic (exact) mass is 1320 g/mol. The molecule has 7 heterocycles. The van der Waals surface area contributed by atoms with Crippen molar-refractivity contribution in [2.75, 3.05) is 0 Å². The molecule has 3 aliphatic heterocycles. The number of hydrogen-bond acceptors (Lipinski definition) is 2. The lowest BCUT2D eigenvalue weighted by Gasteiger charge is -2.50. The summed E-state index contributed by atoms with van der Waals surface area (Å²) in [6, 6.07) is 122. The van der Waals surface area contributed by atoms with Crippen molar-refractivity contribution in [1.82, 2.24) is 19.1 Å². The second kappa shape index (κ2) is 21.6. The molecule has 4 aromatic heterocycles. The minimum absolute atomic E-state index is 0.251. The summed E-state index contributed by atoms with van der Waals surface area (Å²) in [6.45, 7) is 9.96. The summed E-state index contributed by atoms with van der Waals surface area (Å²) in [5.74, 6) is 0. The van der Waals surface area contributed by atoms with Gasteiger partial charge in [-0.3, -0.25) is 9.97 Å². The fourth-order valence-corrected chi connectivity index (χ4v) is 23.3. The van der Waals surface area contributed by atoms with Gasteiger partial charge in [0.05, 0.1) is 55.3 Å². The van der Waals surface area contributed by atoms with Crippen LogP contribution in [-0.2, 0) is 16.2 Å². The van der Waals surface area contributed by atoms with Gasteiger partial charge in [0.1, 0.15) is 8.07 Å². The zero-order chi connectivity index (χ0) is 67.8. The molecule has 0 bridgehead atoms. The van der Waals surface area contributed by atoms with Crippen LogP contribution in [-0.4, -0.2) is 27.2 Å².